The number of fused-ring (bicyclic) bond motifs is 4. The largest absolute Gasteiger partial charge is 0.508 e. The van der Waals surface area contributed by atoms with Gasteiger partial charge in [0, 0.05) is 42.7 Å². The molecule has 3 heterocycles. The zero-order valence-electron chi connectivity index (χ0n) is 21.2. The van der Waals surface area contributed by atoms with E-state index in [9.17, 15) is 28.6 Å². The molecule has 38 heavy (non-hydrogen) atoms. The number of phenolic OH excluding ortho intramolecular Hbond substituents is 1. The Bertz CT molecular complexity index is 1380. The number of aliphatic hydroxyl groups excluding tert-OH is 1. The fourth-order valence-corrected chi connectivity index (χ4v) is 5.72. The van der Waals surface area contributed by atoms with Gasteiger partial charge in [-0.1, -0.05) is 19.1 Å². The average Bonchev–Trinajstić information content (AvgIpc) is 3.31. The summed E-state index contributed by atoms with van der Waals surface area (Å²) < 4.78 is 30.5. The fraction of sp³-hybridized carbons (Fsp3) is 0.407. The lowest BCUT2D eigenvalue weighted by Gasteiger charge is -2.42. The zero-order chi connectivity index (χ0) is 27.2. The predicted octanol–water partition coefficient (Wildman–Crippen LogP) is 3.46. The summed E-state index contributed by atoms with van der Waals surface area (Å²) in [7, 11) is 0. The summed E-state index contributed by atoms with van der Waals surface area (Å²) in [5, 5.41) is 20.2. The van der Waals surface area contributed by atoms with E-state index in [1.165, 1.54) is 23.1 Å². The molecule has 3 N–H and O–H groups in total. The molecule has 0 radical (unpaired) electrons. The molecule has 1 aromatic heterocycles. The summed E-state index contributed by atoms with van der Waals surface area (Å²) in [5.74, 6) is -0.347. The van der Waals surface area contributed by atoms with Gasteiger partial charge in [-0.3, -0.25) is 19.5 Å². The Morgan fingerprint density at radius 2 is 2.00 bits per heavy atom. The van der Waals surface area contributed by atoms with Crippen LogP contribution in [-0.2, 0) is 11.2 Å². The summed E-state index contributed by atoms with van der Waals surface area (Å²) in [4.78, 5) is 35.8. The lowest BCUT2D eigenvalue weighted by atomic mass is 9.81. The van der Waals surface area contributed by atoms with Crippen molar-refractivity contribution in [1.82, 2.24) is 19.7 Å². The van der Waals surface area contributed by atoms with Crippen LogP contribution in [0.15, 0.2) is 42.5 Å². The summed E-state index contributed by atoms with van der Waals surface area (Å²) in [6.07, 6.45) is 0.172. The number of amides is 3. The smallest absolute Gasteiger partial charge is 0.387 e. The van der Waals surface area contributed by atoms with Crippen molar-refractivity contribution in [3.05, 3.63) is 59.3 Å². The third-order valence-electron chi connectivity index (χ3n) is 7.55. The van der Waals surface area contributed by atoms with Gasteiger partial charge < -0.3 is 19.9 Å². The number of likely N-dealkylation sites (N-methyl/N-ethyl adjacent to an activating group) is 1. The number of aliphatic hydroxyl groups is 1. The minimum absolute atomic E-state index is 0.00483. The van der Waals surface area contributed by atoms with Crippen LogP contribution >= 0.6 is 0 Å². The number of hydrogen-bond donors (Lipinski definition) is 3. The van der Waals surface area contributed by atoms with Crippen LogP contribution in [0, 0.1) is 0 Å². The summed E-state index contributed by atoms with van der Waals surface area (Å²) in [6.45, 7) is 2.31. The van der Waals surface area contributed by atoms with Crippen LogP contribution < -0.4 is 4.74 Å². The number of rotatable bonds is 9. The predicted molar refractivity (Wildman–Crippen MR) is 135 cm³/mol. The number of hydrogen-bond acceptors (Lipinski definition) is 6. The van der Waals surface area contributed by atoms with Crippen molar-refractivity contribution in [1.29, 1.82) is 0 Å². The van der Waals surface area contributed by atoms with Crippen molar-refractivity contribution in [3.8, 4) is 11.5 Å². The maximum absolute atomic E-state index is 13.9. The first-order valence-electron chi connectivity index (χ1n) is 12.5. The third-order valence-corrected chi connectivity index (χ3v) is 7.55. The van der Waals surface area contributed by atoms with E-state index < -0.39 is 24.2 Å². The molecule has 1 saturated heterocycles. The highest BCUT2D eigenvalue weighted by Gasteiger charge is 2.60. The molecule has 202 valence electrons. The van der Waals surface area contributed by atoms with Gasteiger partial charge >= 0.3 is 12.6 Å². The normalized spacial score (nSPS) is 21.1. The molecule has 3 amide bonds. The average molecular weight is 529 g/mol. The zero-order valence-corrected chi connectivity index (χ0v) is 21.2. The Kier molecular flexibility index (Phi) is 6.74. The molecule has 2 atom stereocenters. The number of phenols is 1. The van der Waals surface area contributed by atoms with E-state index in [1.807, 2.05) is 11.8 Å². The van der Waals surface area contributed by atoms with Crippen LogP contribution in [0.5, 0.6) is 11.5 Å². The molecule has 5 rings (SSSR count). The van der Waals surface area contributed by atoms with Gasteiger partial charge in [0.1, 0.15) is 23.1 Å². The van der Waals surface area contributed by atoms with Gasteiger partial charge in [-0.05, 0) is 54.9 Å². The van der Waals surface area contributed by atoms with Gasteiger partial charge in [0.05, 0.1) is 6.61 Å². The molecule has 2 aliphatic rings. The number of aromatic hydroxyl groups is 1. The molecule has 0 unspecified atom stereocenters. The molecule has 11 heteroatoms. The SMILES string of the molecule is CCN(CCO)CCN1C(=O)N2[C@H](c3cccc(O)c3)c3[nH]c4ccc(OC(F)F)cc4c3C[C@@]2(C)C1=O. The first-order valence-corrected chi connectivity index (χ1v) is 12.5. The second-order valence-corrected chi connectivity index (χ2v) is 9.82. The molecule has 0 bridgehead atoms. The van der Waals surface area contributed by atoms with Gasteiger partial charge in [0.15, 0.2) is 0 Å². The van der Waals surface area contributed by atoms with Crippen molar-refractivity contribution in [2.45, 2.75) is 38.5 Å². The summed E-state index contributed by atoms with van der Waals surface area (Å²) >= 11 is 0. The summed E-state index contributed by atoms with van der Waals surface area (Å²) in [6, 6.07) is 9.93. The van der Waals surface area contributed by atoms with Crippen LogP contribution in [0.1, 0.15) is 36.7 Å². The Balaban J connectivity index is 1.61. The lowest BCUT2D eigenvalue weighted by Crippen LogP contribution is -2.53. The standard InChI is InChI=1S/C27H30F2N4O5/c1-3-31(11-12-34)9-10-32-24(36)27(2)15-20-19-14-18(38-25(28)29)7-8-21(19)30-22(20)23(33(27)26(32)37)16-5-4-6-17(35)13-16/h4-8,13-14,23,25,30,34-35H,3,9-12,15H2,1-2H3/t23-,27+/m1/s1. The number of aromatic amines is 1. The number of carbonyl (C=O) groups is 2. The Morgan fingerprint density at radius 3 is 2.68 bits per heavy atom. The maximum atomic E-state index is 13.9. The minimum Gasteiger partial charge on any atom is -0.508 e. The van der Waals surface area contributed by atoms with E-state index in [-0.39, 0.29) is 37.0 Å². The summed E-state index contributed by atoms with van der Waals surface area (Å²) in [5.41, 5.74) is 1.39. The van der Waals surface area contributed by atoms with E-state index in [4.69, 9.17) is 0 Å². The topological polar surface area (TPSA) is 109 Å². The van der Waals surface area contributed by atoms with Gasteiger partial charge in [-0.2, -0.15) is 8.78 Å². The molecule has 2 aliphatic heterocycles. The number of H-pyrrole nitrogens is 1. The van der Waals surface area contributed by atoms with Crippen molar-refractivity contribution in [2.24, 2.45) is 0 Å². The first kappa shape index (κ1) is 25.9. The molecule has 3 aromatic rings. The fourth-order valence-electron chi connectivity index (χ4n) is 5.72. The van der Waals surface area contributed by atoms with Crippen LogP contribution in [0.2, 0.25) is 0 Å². The van der Waals surface area contributed by atoms with E-state index in [0.29, 0.717) is 41.8 Å². The lowest BCUT2D eigenvalue weighted by molar-refractivity contribution is -0.133. The molecular formula is C27H30F2N4O5. The highest BCUT2D eigenvalue weighted by Crippen LogP contribution is 2.49. The van der Waals surface area contributed by atoms with Gasteiger partial charge in [0.2, 0.25) is 0 Å². The number of alkyl halides is 2. The quantitative estimate of drug-likeness (QED) is 0.367. The second kappa shape index (κ2) is 9.88. The number of benzene rings is 2. The van der Waals surface area contributed by atoms with Crippen LogP contribution in [-0.4, -0.2) is 86.8 Å². The number of urea groups is 1. The van der Waals surface area contributed by atoms with Crippen LogP contribution in [0.25, 0.3) is 10.9 Å². The molecule has 0 spiro atoms. The van der Waals surface area contributed by atoms with Crippen LogP contribution in [0.3, 0.4) is 0 Å². The van der Waals surface area contributed by atoms with Crippen LogP contribution in [0.4, 0.5) is 13.6 Å². The van der Waals surface area contributed by atoms with Crippen molar-refractivity contribution in [2.75, 3.05) is 32.8 Å². The molecular weight excluding hydrogens is 498 g/mol. The van der Waals surface area contributed by atoms with Crippen molar-refractivity contribution in [3.63, 3.8) is 0 Å². The number of nitrogens with zero attached hydrogens (tertiary/aromatic N) is 3. The van der Waals surface area contributed by atoms with E-state index in [1.54, 1.807) is 36.1 Å². The van der Waals surface area contributed by atoms with E-state index >= 15 is 0 Å². The van der Waals surface area contributed by atoms with E-state index in [0.717, 1.165) is 5.56 Å². The van der Waals surface area contributed by atoms with Gasteiger partial charge in [-0.15, -0.1) is 0 Å². The highest BCUT2D eigenvalue weighted by molar-refractivity contribution is 6.08. The Labute approximate surface area is 218 Å². The van der Waals surface area contributed by atoms with Gasteiger partial charge in [-0.25, -0.2) is 4.79 Å². The maximum Gasteiger partial charge on any atom is 0.387 e. The number of nitrogens with one attached hydrogen (secondary N) is 1. The molecule has 0 aliphatic carbocycles. The second-order valence-electron chi connectivity index (χ2n) is 9.82. The minimum atomic E-state index is -2.98. The van der Waals surface area contributed by atoms with Gasteiger partial charge in [0.25, 0.3) is 5.91 Å². The number of carbonyl (C=O) groups excluding carboxylic acids is 2. The first-order chi connectivity index (χ1) is 18.2. The number of ether oxygens (including phenoxy) is 1. The molecule has 2 aromatic carbocycles. The number of imide groups is 1. The van der Waals surface area contributed by atoms with E-state index in [2.05, 4.69) is 9.72 Å². The Morgan fingerprint density at radius 1 is 1.21 bits per heavy atom. The van der Waals surface area contributed by atoms with Crippen molar-refractivity contribution < 1.29 is 33.3 Å². The number of aromatic nitrogens is 1. The Hall–Kier alpha value is -3.70. The highest BCUT2D eigenvalue weighted by atomic mass is 19.3. The molecule has 1 fully saturated rings. The van der Waals surface area contributed by atoms with Crippen molar-refractivity contribution >= 4 is 22.8 Å². The monoisotopic (exact) mass is 528 g/mol. The molecule has 0 saturated carbocycles. The third kappa shape index (κ3) is 4.25. The number of halogens is 2. The molecule has 9 nitrogen and oxygen atoms in total.